The molecule has 1 rings (SSSR count). The van der Waals surface area contributed by atoms with Crippen molar-refractivity contribution in [3.8, 4) is 5.75 Å². The van der Waals surface area contributed by atoms with E-state index in [-0.39, 0.29) is 5.41 Å². The maximum Gasteiger partial charge on any atom is 0.140 e. The van der Waals surface area contributed by atoms with Gasteiger partial charge >= 0.3 is 0 Å². The molecule has 3 heteroatoms. The summed E-state index contributed by atoms with van der Waals surface area (Å²) in [5, 5.41) is 8.34. The second-order valence-corrected chi connectivity index (χ2v) is 5.21. The quantitative estimate of drug-likeness (QED) is 0.651. The third-order valence-electron chi connectivity index (χ3n) is 3.85. The summed E-state index contributed by atoms with van der Waals surface area (Å²) in [6.07, 6.45) is 9.09. The molecule has 0 amide bonds. The maximum atomic E-state index is 5.24. The molecule has 0 aliphatic heterocycles. The Bertz CT molecular complexity index is 354. The maximum absolute atomic E-state index is 5.24. The van der Waals surface area contributed by atoms with Gasteiger partial charge in [-0.05, 0) is 12.8 Å². The summed E-state index contributed by atoms with van der Waals surface area (Å²) in [6.45, 7) is 6.75. The second-order valence-electron chi connectivity index (χ2n) is 5.21. The van der Waals surface area contributed by atoms with Crippen molar-refractivity contribution in [3.63, 3.8) is 0 Å². The van der Waals surface area contributed by atoms with Crippen molar-refractivity contribution in [2.75, 3.05) is 7.11 Å². The van der Waals surface area contributed by atoms with Crippen LogP contribution in [0.1, 0.15) is 65.0 Å². The Hall–Kier alpha value is -1.12. The van der Waals surface area contributed by atoms with Gasteiger partial charge in [-0.2, -0.15) is 10.2 Å². The molecule has 0 aliphatic carbocycles. The molecule has 1 atom stereocenters. The number of ether oxygens (including phenoxy) is 1. The molecule has 0 radical (unpaired) electrons. The van der Waals surface area contributed by atoms with Crippen LogP contribution in [0.15, 0.2) is 12.3 Å². The molecule has 0 saturated carbocycles. The monoisotopic (exact) mass is 250 g/mol. The Labute approximate surface area is 111 Å². The number of hydrogen-bond acceptors (Lipinski definition) is 3. The van der Waals surface area contributed by atoms with Crippen LogP contribution in [0.25, 0.3) is 0 Å². The largest absolute Gasteiger partial charge is 0.495 e. The van der Waals surface area contributed by atoms with E-state index in [9.17, 15) is 0 Å². The molecular formula is C15H26N2O. The molecule has 1 unspecified atom stereocenters. The van der Waals surface area contributed by atoms with Crippen molar-refractivity contribution in [3.05, 3.63) is 18.0 Å². The van der Waals surface area contributed by atoms with E-state index in [4.69, 9.17) is 4.74 Å². The van der Waals surface area contributed by atoms with Crippen LogP contribution >= 0.6 is 0 Å². The smallest absolute Gasteiger partial charge is 0.140 e. The highest BCUT2D eigenvalue weighted by molar-refractivity contribution is 5.24. The standard InChI is InChI=1S/C15H26N2O/c1-5-7-8-9-10-15(3,6-2)14-11-13(18-4)12-16-17-14/h11-12H,5-10H2,1-4H3. The van der Waals surface area contributed by atoms with Crippen LogP contribution in [0.2, 0.25) is 0 Å². The van der Waals surface area contributed by atoms with Crippen LogP contribution in [0.5, 0.6) is 5.75 Å². The molecular weight excluding hydrogens is 224 g/mol. The van der Waals surface area contributed by atoms with Crippen LogP contribution in [-0.4, -0.2) is 17.3 Å². The Kier molecular flexibility index (Phi) is 6.10. The summed E-state index contributed by atoms with van der Waals surface area (Å²) >= 11 is 0. The van der Waals surface area contributed by atoms with E-state index in [1.807, 2.05) is 6.07 Å². The molecule has 18 heavy (non-hydrogen) atoms. The summed E-state index contributed by atoms with van der Waals surface area (Å²) in [4.78, 5) is 0. The van der Waals surface area contributed by atoms with Gasteiger partial charge in [0.05, 0.1) is 19.0 Å². The number of nitrogens with zero attached hydrogens (tertiary/aromatic N) is 2. The first-order valence-electron chi connectivity index (χ1n) is 7.03. The topological polar surface area (TPSA) is 35.0 Å². The molecule has 0 saturated heterocycles. The zero-order valence-electron chi connectivity index (χ0n) is 12.2. The van der Waals surface area contributed by atoms with Crippen molar-refractivity contribution in [1.82, 2.24) is 10.2 Å². The summed E-state index contributed by atoms with van der Waals surface area (Å²) < 4.78 is 5.24. The third kappa shape index (κ3) is 3.97. The van der Waals surface area contributed by atoms with Gasteiger partial charge in [-0.1, -0.05) is 46.5 Å². The molecule has 0 aliphatic rings. The molecule has 0 aromatic carbocycles. The van der Waals surface area contributed by atoms with E-state index in [0.29, 0.717) is 0 Å². The molecule has 0 bridgehead atoms. The Morgan fingerprint density at radius 2 is 2.00 bits per heavy atom. The first-order valence-corrected chi connectivity index (χ1v) is 7.03. The summed E-state index contributed by atoms with van der Waals surface area (Å²) in [5.74, 6) is 0.799. The first-order chi connectivity index (χ1) is 8.66. The normalized spacial score (nSPS) is 14.2. The van der Waals surface area contributed by atoms with Crippen LogP contribution in [0.4, 0.5) is 0 Å². The highest BCUT2D eigenvalue weighted by Gasteiger charge is 2.26. The van der Waals surface area contributed by atoms with E-state index in [1.165, 1.54) is 32.1 Å². The van der Waals surface area contributed by atoms with E-state index >= 15 is 0 Å². The molecule has 1 aromatic heterocycles. The average Bonchev–Trinajstić information content (AvgIpc) is 2.43. The SMILES string of the molecule is CCCCCCC(C)(CC)c1cc(OC)cnn1. The number of unbranched alkanes of at least 4 members (excludes halogenated alkanes) is 3. The number of methoxy groups -OCH3 is 1. The van der Waals surface area contributed by atoms with Gasteiger partial charge in [-0.3, -0.25) is 0 Å². The summed E-state index contributed by atoms with van der Waals surface area (Å²) in [7, 11) is 1.67. The van der Waals surface area contributed by atoms with Gasteiger partial charge in [-0.15, -0.1) is 0 Å². The zero-order valence-corrected chi connectivity index (χ0v) is 12.2. The third-order valence-corrected chi connectivity index (χ3v) is 3.85. The van der Waals surface area contributed by atoms with Crippen molar-refractivity contribution >= 4 is 0 Å². The van der Waals surface area contributed by atoms with Gasteiger partial charge in [0.1, 0.15) is 5.75 Å². The van der Waals surface area contributed by atoms with Crippen LogP contribution in [0, 0.1) is 0 Å². The lowest BCUT2D eigenvalue weighted by Gasteiger charge is -2.27. The van der Waals surface area contributed by atoms with Crippen molar-refractivity contribution in [2.45, 2.75) is 64.7 Å². The van der Waals surface area contributed by atoms with E-state index in [1.54, 1.807) is 13.3 Å². The minimum Gasteiger partial charge on any atom is -0.495 e. The predicted molar refractivity (Wildman–Crippen MR) is 75.0 cm³/mol. The number of rotatable bonds is 8. The van der Waals surface area contributed by atoms with Gasteiger partial charge in [0.25, 0.3) is 0 Å². The Balaban J connectivity index is 2.72. The molecule has 102 valence electrons. The molecule has 0 fully saturated rings. The fourth-order valence-corrected chi connectivity index (χ4v) is 2.18. The second kappa shape index (κ2) is 7.34. The highest BCUT2D eigenvalue weighted by atomic mass is 16.5. The molecule has 3 nitrogen and oxygen atoms in total. The van der Waals surface area contributed by atoms with Crippen LogP contribution < -0.4 is 4.74 Å². The lowest BCUT2D eigenvalue weighted by molar-refractivity contribution is 0.372. The summed E-state index contributed by atoms with van der Waals surface area (Å²) in [5.41, 5.74) is 1.18. The van der Waals surface area contributed by atoms with Gasteiger partial charge in [0.2, 0.25) is 0 Å². The minimum atomic E-state index is 0.120. The van der Waals surface area contributed by atoms with Crippen LogP contribution in [0.3, 0.4) is 0 Å². The minimum absolute atomic E-state index is 0.120. The lowest BCUT2D eigenvalue weighted by Crippen LogP contribution is -2.23. The van der Waals surface area contributed by atoms with E-state index in [0.717, 1.165) is 17.9 Å². The number of aromatic nitrogens is 2. The molecule has 1 aromatic rings. The highest BCUT2D eigenvalue weighted by Crippen LogP contribution is 2.32. The Morgan fingerprint density at radius 1 is 1.22 bits per heavy atom. The lowest BCUT2D eigenvalue weighted by atomic mass is 9.79. The van der Waals surface area contributed by atoms with E-state index < -0.39 is 0 Å². The van der Waals surface area contributed by atoms with E-state index in [2.05, 4.69) is 31.0 Å². The summed E-state index contributed by atoms with van der Waals surface area (Å²) in [6, 6.07) is 2.02. The van der Waals surface area contributed by atoms with Gasteiger partial charge in [0.15, 0.2) is 0 Å². The van der Waals surface area contributed by atoms with Crippen molar-refractivity contribution < 1.29 is 4.74 Å². The number of hydrogen-bond donors (Lipinski definition) is 0. The van der Waals surface area contributed by atoms with Gasteiger partial charge < -0.3 is 4.74 Å². The molecule has 1 heterocycles. The van der Waals surface area contributed by atoms with Crippen LogP contribution in [-0.2, 0) is 5.41 Å². The van der Waals surface area contributed by atoms with Gasteiger partial charge in [0, 0.05) is 11.5 Å². The zero-order chi connectivity index (χ0) is 13.4. The van der Waals surface area contributed by atoms with Crippen molar-refractivity contribution in [1.29, 1.82) is 0 Å². The molecule has 0 N–H and O–H groups in total. The van der Waals surface area contributed by atoms with Gasteiger partial charge in [-0.25, -0.2) is 0 Å². The first kappa shape index (κ1) is 14.9. The molecule has 0 spiro atoms. The fourth-order valence-electron chi connectivity index (χ4n) is 2.18. The van der Waals surface area contributed by atoms with Crippen molar-refractivity contribution in [2.24, 2.45) is 0 Å². The Morgan fingerprint density at radius 3 is 2.61 bits per heavy atom. The average molecular weight is 250 g/mol. The fraction of sp³-hybridized carbons (Fsp3) is 0.733. The predicted octanol–water partition coefficient (Wildman–Crippen LogP) is 4.12.